The average molecular weight is 253 g/mol. The van der Waals surface area contributed by atoms with Crippen LogP contribution in [-0.4, -0.2) is 39.0 Å². The van der Waals surface area contributed by atoms with Crippen molar-refractivity contribution in [1.82, 2.24) is 14.8 Å². The maximum atomic E-state index is 11.3. The number of carbonyl (C=O) groups excluding carboxylic acids is 1. The van der Waals surface area contributed by atoms with Crippen molar-refractivity contribution in [2.24, 2.45) is 0 Å². The molecule has 0 aliphatic carbocycles. The lowest BCUT2D eigenvalue weighted by Gasteiger charge is -2.26. The van der Waals surface area contributed by atoms with Crippen LogP contribution in [0.25, 0.3) is 0 Å². The highest BCUT2D eigenvalue weighted by molar-refractivity contribution is 5.84. The van der Waals surface area contributed by atoms with Crippen molar-refractivity contribution in [3.63, 3.8) is 0 Å². The fourth-order valence-electron chi connectivity index (χ4n) is 2.56. The molecule has 2 heterocycles. The Morgan fingerprint density at radius 3 is 2.67 bits per heavy atom. The minimum atomic E-state index is -0.523. The van der Waals surface area contributed by atoms with Crippen molar-refractivity contribution < 1.29 is 14.3 Å². The zero-order chi connectivity index (χ0) is 13.6. The molecule has 1 unspecified atom stereocenters. The topological polar surface area (TPSA) is 66.2 Å². The van der Waals surface area contributed by atoms with Gasteiger partial charge in [-0.1, -0.05) is 0 Å². The fourth-order valence-corrected chi connectivity index (χ4v) is 2.56. The quantitative estimate of drug-likeness (QED) is 0.749. The molecule has 0 saturated carbocycles. The van der Waals surface area contributed by atoms with Crippen molar-refractivity contribution in [2.45, 2.75) is 51.4 Å². The van der Waals surface area contributed by atoms with Gasteiger partial charge in [0.1, 0.15) is 6.33 Å². The Kier molecular flexibility index (Phi) is 2.93. The standard InChI is InChI=1S/C12H19N3O3/c1-11(2)6-8(12(3,4)18-11)15-7-13-9(14-15)10(16)17-5/h7-8H,6H2,1-5H3. The van der Waals surface area contributed by atoms with Gasteiger partial charge >= 0.3 is 5.97 Å². The number of hydrogen-bond donors (Lipinski definition) is 0. The van der Waals surface area contributed by atoms with Crippen molar-refractivity contribution >= 4 is 5.97 Å². The molecule has 2 rings (SSSR count). The zero-order valence-corrected chi connectivity index (χ0v) is 11.4. The van der Waals surface area contributed by atoms with Gasteiger partial charge in [0.15, 0.2) is 0 Å². The molecule has 1 fully saturated rings. The maximum Gasteiger partial charge on any atom is 0.377 e. The molecule has 0 radical (unpaired) electrons. The third kappa shape index (κ3) is 2.25. The second-order valence-electron chi connectivity index (χ2n) is 5.72. The number of hydrogen-bond acceptors (Lipinski definition) is 5. The Morgan fingerprint density at radius 2 is 2.17 bits per heavy atom. The molecule has 0 bridgehead atoms. The summed E-state index contributed by atoms with van der Waals surface area (Å²) in [4.78, 5) is 15.3. The summed E-state index contributed by atoms with van der Waals surface area (Å²) in [6, 6.07) is 0.0541. The highest BCUT2D eigenvalue weighted by atomic mass is 16.5. The predicted octanol–water partition coefficient (Wildman–Crippen LogP) is 1.58. The van der Waals surface area contributed by atoms with Gasteiger partial charge in [-0.3, -0.25) is 0 Å². The molecular weight excluding hydrogens is 234 g/mol. The molecule has 1 atom stereocenters. The molecule has 0 N–H and O–H groups in total. The number of aromatic nitrogens is 3. The molecule has 1 aromatic heterocycles. The smallest absolute Gasteiger partial charge is 0.377 e. The van der Waals surface area contributed by atoms with E-state index >= 15 is 0 Å². The van der Waals surface area contributed by atoms with Gasteiger partial charge in [-0.15, -0.1) is 5.10 Å². The lowest BCUT2D eigenvalue weighted by Crippen LogP contribution is -2.31. The molecule has 1 aromatic rings. The molecule has 0 spiro atoms. The number of ether oxygens (including phenoxy) is 2. The Balaban J connectivity index is 2.27. The molecule has 18 heavy (non-hydrogen) atoms. The first-order valence-electron chi connectivity index (χ1n) is 5.95. The molecule has 1 saturated heterocycles. The molecule has 0 aromatic carbocycles. The molecule has 6 heteroatoms. The lowest BCUT2D eigenvalue weighted by molar-refractivity contribution is -0.0738. The van der Waals surface area contributed by atoms with Gasteiger partial charge in [0.05, 0.1) is 24.4 Å². The SMILES string of the molecule is COC(=O)c1ncn(C2CC(C)(C)OC2(C)C)n1. The molecule has 0 amide bonds. The van der Waals surface area contributed by atoms with Gasteiger partial charge in [0.25, 0.3) is 5.82 Å². The van der Waals surface area contributed by atoms with Crippen LogP contribution in [-0.2, 0) is 9.47 Å². The Morgan fingerprint density at radius 1 is 1.50 bits per heavy atom. The third-order valence-electron chi connectivity index (χ3n) is 3.22. The van der Waals surface area contributed by atoms with Gasteiger partial charge in [0, 0.05) is 6.42 Å². The summed E-state index contributed by atoms with van der Waals surface area (Å²) in [5.74, 6) is -0.442. The number of methoxy groups -OCH3 is 1. The van der Waals surface area contributed by atoms with Gasteiger partial charge < -0.3 is 9.47 Å². The maximum absolute atomic E-state index is 11.3. The van der Waals surface area contributed by atoms with Gasteiger partial charge in [-0.25, -0.2) is 14.5 Å². The van der Waals surface area contributed by atoms with E-state index in [2.05, 4.69) is 14.8 Å². The first-order valence-corrected chi connectivity index (χ1v) is 5.95. The average Bonchev–Trinajstić information content (AvgIpc) is 2.79. The lowest BCUT2D eigenvalue weighted by atomic mass is 9.95. The number of carbonyl (C=O) groups is 1. The first kappa shape index (κ1) is 13.0. The van der Waals surface area contributed by atoms with Crippen LogP contribution in [0, 0.1) is 0 Å². The molecule has 1 aliphatic rings. The third-order valence-corrected chi connectivity index (χ3v) is 3.22. The van der Waals surface area contributed by atoms with Crippen LogP contribution < -0.4 is 0 Å². The van der Waals surface area contributed by atoms with Gasteiger partial charge in [-0.05, 0) is 27.7 Å². The summed E-state index contributed by atoms with van der Waals surface area (Å²) in [7, 11) is 1.31. The van der Waals surface area contributed by atoms with Crippen LogP contribution in [0.1, 0.15) is 50.8 Å². The molecule has 6 nitrogen and oxygen atoms in total. The van der Waals surface area contributed by atoms with Crippen molar-refractivity contribution in [1.29, 1.82) is 0 Å². The second-order valence-corrected chi connectivity index (χ2v) is 5.72. The monoisotopic (exact) mass is 253 g/mol. The summed E-state index contributed by atoms with van der Waals surface area (Å²) >= 11 is 0. The summed E-state index contributed by atoms with van der Waals surface area (Å²) in [6.07, 6.45) is 2.38. The Labute approximate surface area is 106 Å². The van der Waals surface area contributed by atoms with E-state index in [0.717, 1.165) is 6.42 Å². The van der Waals surface area contributed by atoms with Crippen LogP contribution in [0.15, 0.2) is 6.33 Å². The zero-order valence-electron chi connectivity index (χ0n) is 11.4. The first-order chi connectivity index (χ1) is 8.25. The predicted molar refractivity (Wildman–Crippen MR) is 64.3 cm³/mol. The van der Waals surface area contributed by atoms with Gasteiger partial charge in [-0.2, -0.15) is 0 Å². The highest BCUT2D eigenvalue weighted by Gasteiger charge is 2.47. The van der Waals surface area contributed by atoms with Crippen molar-refractivity contribution in [3.8, 4) is 0 Å². The van der Waals surface area contributed by atoms with Crippen LogP contribution in [0.4, 0.5) is 0 Å². The van der Waals surface area contributed by atoms with E-state index in [1.807, 2.05) is 27.7 Å². The van der Waals surface area contributed by atoms with E-state index in [4.69, 9.17) is 4.74 Å². The van der Waals surface area contributed by atoms with Crippen molar-refractivity contribution in [3.05, 3.63) is 12.2 Å². The van der Waals surface area contributed by atoms with E-state index in [0.29, 0.717) is 0 Å². The van der Waals surface area contributed by atoms with Crippen molar-refractivity contribution in [2.75, 3.05) is 7.11 Å². The Hall–Kier alpha value is -1.43. The highest BCUT2D eigenvalue weighted by Crippen LogP contribution is 2.44. The van der Waals surface area contributed by atoms with E-state index in [1.54, 1.807) is 11.0 Å². The number of esters is 1. The van der Waals surface area contributed by atoms with Crippen LogP contribution in [0.5, 0.6) is 0 Å². The summed E-state index contributed by atoms with van der Waals surface area (Å²) < 4.78 is 12.3. The Bertz CT molecular complexity index is 465. The fraction of sp³-hybridized carbons (Fsp3) is 0.750. The van der Waals surface area contributed by atoms with Crippen LogP contribution in [0.3, 0.4) is 0 Å². The normalized spacial score (nSPS) is 25.1. The summed E-state index contributed by atoms with van der Waals surface area (Å²) in [6.45, 7) is 8.14. The molecular formula is C12H19N3O3. The summed E-state index contributed by atoms with van der Waals surface area (Å²) in [5, 5.41) is 4.18. The molecule has 1 aliphatic heterocycles. The van der Waals surface area contributed by atoms with E-state index in [-0.39, 0.29) is 23.1 Å². The van der Waals surface area contributed by atoms with E-state index in [1.165, 1.54) is 7.11 Å². The van der Waals surface area contributed by atoms with Gasteiger partial charge in [0.2, 0.25) is 0 Å². The second kappa shape index (κ2) is 4.05. The van der Waals surface area contributed by atoms with E-state index < -0.39 is 5.97 Å². The number of rotatable bonds is 2. The van der Waals surface area contributed by atoms with Crippen LogP contribution in [0.2, 0.25) is 0 Å². The minimum absolute atomic E-state index is 0.0541. The molecule has 100 valence electrons. The minimum Gasteiger partial charge on any atom is -0.463 e. The largest absolute Gasteiger partial charge is 0.463 e. The van der Waals surface area contributed by atoms with Crippen LogP contribution >= 0.6 is 0 Å². The van der Waals surface area contributed by atoms with E-state index in [9.17, 15) is 4.79 Å². The summed E-state index contributed by atoms with van der Waals surface area (Å²) in [5.41, 5.74) is -0.546. The number of nitrogens with zero attached hydrogens (tertiary/aromatic N) is 3.